The molecule has 2 N–H and O–H groups in total. The third-order valence-corrected chi connectivity index (χ3v) is 3.42. The summed E-state index contributed by atoms with van der Waals surface area (Å²) in [4.78, 5) is 23.9. The monoisotopic (exact) mass is 333 g/mol. The summed E-state index contributed by atoms with van der Waals surface area (Å²) in [5, 5.41) is 0.182. The molecule has 0 aromatic heterocycles. The first-order chi connectivity index (χ1) is 9.90. The van der Waals surface area contributed by atoms with Crippen LogP contribution in [0, 0.1) is 0 Å². The minimum atomic E-state index is -0.973. The first-order valence-electron chi connectivity index (χ1n) is 6.52. The molecule has 0 fully saturated rings. The van der Waals surface area contributed by atoms with Crippen LogP contribution in [-0.4, -0.2) is 24.6 Å². The van der Waals surface area contributed by atoms with Crippen LogP contribution in [0.2, 0.25) is 10.0 Å². The second kappa shape index (κ2) is 8.10. The van der Waals surface area contributed by atoms with Gasteiger partial charge in [-0.15, -0.1) is 0 Å². The third kappa shape index (κ3) is 4.79. The van der Waals surface area contributed by atoms with Gasteiger partial charge in [0.1, 0.15) is 0 Å². The third-order valence-electron chi connectivity index (χ3n) is 2.62. The molecule has 1 atom stereocenters. The molecule has 0 spiro atoms. The average molecular weight is 334 g/mol. The van der Waals surface area contributed by atoms with Crippen molar-refractivity contribution in [2.75, 3.05) is 12.3 Å². The predicted molar refractivity (Wildman–Crippen MR) is 81.6 cm³/mol. The molecule has 7 heteroatoms. The number of anilines is 1. The number of carbonyl (C=O) groups is 2. The molecule has 1 unspecified atom stereocenters. The van der Waals surface area contributed by atoms with Gasteiger partial charge in [-0.3, -0.25) is 0 Å². The molecule has 0 aliphatic heterocycles. The Hall–Kier alpha value is -1.46. The molecule has 1 aromatic rings. The maximum absolute atomic E-state index is 12.1. The van der Waals surface area contributed by atoms with E-state index in [0.29, 0.717) is 12.8 Å². The highest BCUT2D eigenvalue weighted by Crippen LogP contribution is 2.29. The van der Waals surface area contributed by atoms with E-state index in [2.05, 4.69) is 0 Å². The normalized spacial score (nSPS) is 11.8. The highest BCUT2D eigenvalue weighted by molar-refractivity contribution is 6.44. The standard InChI is InChI=1S/C14H17Cl2NO4/c1-3-5-11(14(19)20-4-2)21-13(18)9-6-8(17)7-10(15)12(9)16/h6-7,11H,3-5,17H2,1-2H3. The Morgan fingerprint density at radius 3 is 2.52 bits per heavy atom. The number of nitrogen functional groups attached to an aromatic ring is 1. The summed E-state index contributed by atoms with van der Waals surface area (Å²) < 4.78 is 10.0. The van der Waals surface area contributed by atoms with Crippen molar-refractivity contribution in [3.8, 4) is 0 Å². The number of hydrogen-bond donors (Lipinski definition) is 1. The van der Waals surface area contributed by atoms with E-state index in [1.807, 2.05) is 6.92 Å². The SMILES string of the molecule is CCCC(OC(=O)c1cc(N)cc(Cl)c1Cl)C(=O)OCC. The van der Waals surface area contributed by atoms with Crippen LogP contribution < -0.4 is 5.73 Å². The van der Waals surface area contributed by atoms with E-state index in [1.165, 1.54) is 12.1 Å². The van der Waals surface area contributed by atoms with Crippen LogP contribution >= 0.6 is 23.2 Å². The van der Waals surface area contributed by atoms with Crippen LogP contribution in [0.15, 0.2) is 12.1 Å². The van der Waals surface area contributed by atoms with E-state index < -0.39 is 18.0 Å². The van der Waals surface area contributed by atoms with E-state index in [0.717, 1.165) is 0 Å². The summed E-state index contributed by atoms with van der Waals surface area (Å²) in [6.45, 7) is 3.75. The molecule has 5 nitrogen and oxygen atoms in total. The summed E-state index contributed by atoms with van der Waals surface area (Å²) in [7, 11) is 0. The number of rotatable bonds is 6. The first-order valence-corrected chi connectivity index (χ1v) is 7.28. The van der Waals surface area contributed by atoms with Gasteiger partial charge in [0.2, 0.25) is 0 Å². The van der Waals surface area contributed by atoms with Crippen molar-refractivity contribution in [3.63, 3.8) is 0 Å². The minimum absolute atomic E-state index is 0.0204. The maximum Gasteiger partial charge on any atom is 0.347 e. The molecule has 0 saturated heterocycles. The van der Waals surface area contributed by atoms with Crippen LogP contribution in [0.25, 0.3) is 0 Å². The molecule has 0 amide bonds. The number of hydrogen-bond acceptors (Lipinski definition) is 5. The van der Waals surface area contributed by atoms with Gasteiger partial charge in [0.05, 0.1) is 22.2 Å². The fourth-order valence-electron chi connectivity index (χ4n) is 1.67. The largest absolute Gasteiger partial charge is 0.463 e. The summed E-state index contributed by atoms with van der Waals surface area (Å²) >= 11 is 11.8. The molecular weight excluding hydrogens is 317 g/mol. The van der Waals surface area contributed by atoms with Gasteiger partial charge in [-0.25, -0.2) is 9.59 Å². The number of carbonyl (C=O) groups excluding carboxylic acids is 2. The van der Waals surface area contributed by atoms with Crippen molar-refractivity contribution in [3.05, 3.63) is 27.7 Å². The highest BCUT2D eigenvalue weighted by Gasteiger charge is 2.25. The van der Waals surface area contributed by atoms with Crippen LogP contribution in [-0.2, 0) is 14.3 Å². The lowest BCUT2D eigenvalue weighted by Crippen LogP contribution is -2.29. The Kier molecular flexibility index (Phi) is 6.78. The van der Waals surface area contributed by atoms with E-state index in [-0.39, 0.29) is 27.9 Å². The van der Waals surface area contributed by atoms with Crippen molar-refractivity contribution in [2.45, 2.75) is 32.8 Å². The van der Waals surface area contributed by atoms with Gasteiger partial charge >= 0.3 is 11.9 Å². The van der Waals surface area contributed by atoms with Crippen LogP contribution in [0.5, 0.6) is 0 Å². The Labute approximate surface area is 133 Å². The fourth-order valence-corrected chi connectivity index (χ4v) is 2.09. The quantitative estimate of drug-likeness (QED) is 0.637. The summed E-state index contributed by atoms with van der Waals surface area (Å²) in [6, 6.07) is 2.78. The second-order valence-corrected chi connectivity index (χ2v) is 5.08. The van der Waals surface area contributed by atoms with Gasteiger partial charge in [-0.2, -0.15) is 0 Å². The zero-order valence-electron chi connectivity index (χ0n) is 11.8. The highest BCUT2D eigenvalue weighted by atomic mass is 35.5. The molecule has 0 bridgehead atoms. The molecule has 21 heavy (non-hydrogen) atoms. The Balaban J connectivity index is 2.94. The summed E-state index contributed by atoms with van der Waals surface area (Å²) in [6.07, 6.45) is 0.0409. The van der Waals surface area contributed by atoms with Crippen molar-refractivity contribution < 1.29 is 19.1 Å². The number of benzene rings is 1. The predicted octanol–water partition coefficient (Wildman–Crippen LogP) is 3.46. The topological polar surface area (TPSA) is 78.6 Å². The van der Waals surface area contributed by atoms with Gasteiger partial charge in [0.25, 0.3) is 0 Å². The molecule has 0 aliphatic carbocycles. The maximum atomic E-state index is 12.1. The number of halogens is 2. The van der Waals surface area contributed by atoms with Crippen molar-refractivity contribution >= 4 is 40.8 Å². The van der Waals surface area contributed by atoms with Gasteiger partial charge < -0.3 is 15.2 Å². The lowest BCUT2D eigenvalue weighted by molar-refractivity contribution is -0.153. The smallest absolute Gasteiger partial charge is 0.347 e. The van der Waals surface area contributed by atoms with Crippen LogP contribution in [0.1, 0.15) is 37.0 Å². The summed E-state index contributed by atoms with van der Waals surface area (Å²) in [5.74, 6) is -1.35. The molecule has 116 valence electrons. The molecule has 0 saturated carbocycles. The Bertz CT molecular complexity index is 534. The second-order valence-electron chi connectivity index (χ2n) is 4.30. The average Bonchev–Trinajstić information content (AvgIpc) is 2.42. The minimum Gasteiger partial charge on any atom is -0.463 e. The van der Waals surface area contributed by atoms with Crippen LogP contribution in [0.4, 0.5) is 5.69 Å². The van der Waals surface area contributed by atoms with Crippen molar-refractivity contribution in [1.82, 2.24) is 0 Å². The Morgan fingerprint density at radius 2 is 1.95 bits per heavy atom. The lowest BCUT2D eigenvalue weighted by atomic mass is 10.2. The summed E-state index contributed by atoms with van der Waals surface area (Å²) in [5.41, 5.74) is 5.92. The van der Waals surface area contributed by atoms with Gasteiger partial charge in [-0.05, 0) is 25.5 Å². The van der Waals surface area contributed by atoms with E-state index in [1.54, 1.807) is 6.92 Å². The van der Waals surface area contributed by atoms with E-state index in [4.69, 9.17) is 38.4 Å². The molecule has 1 aromatic carbocycles. The number of esters is 2. The molecule has 0 aliphatic rings. The van der Waals surface area contributed by atoms with E-state index in [9.17, 15) is 9.59 Å². The Morgan fingerprint density at radius 1 is 1.29 bits per heavy atom. The molecule has 0 radical (unpaired) electrons. The zero-order chi connectivity index (χ0) is 16.0. The first kappa shape index (κ1) is 17.6. The van der Waals surface area contributed by atoms with Gasteiger partial charge in [0, 0.05) is 5.69 Å². The van der Waals surface area contributed by atoms with Crippen molar-refractivity contribution in [2.24, 2.45) is 0 Å². The zero-order valence-corrected chi connectivity index (χ0v) is 13.3. The lowest BCUT2D eigenvalue weighted by Gasteiger charge is -2.16. The van der Waals surface area contributed by atoms with Gasteiger partial charge in [-0.1, -0.05) is 36.5 Å². The van der Waals surface area contributed by atoms with Crippen molar-refractivity contribution in [1.29, 1.82) is 0 Å². The van der Waals surface area contributed by atoms with E-state index >= 15 is 0 Å². The van der Waals surface area contributed by atoms with Gasteiger partial charge in [0.15, 0.2) is 6.10 Å². The molecule has 0 heterocycles. The molecular formula is C14H17Cl2NO4. The molecule has 1 rings (SSSR count). The fraction of sp³-hybridized carbons (Fsp3) is 0.429. The number of ether oxygens (including phenoxy) is 2. The van der Waals surface area contributed by atoms with Crippen LogP contribution in [0.3, 0.4) is 0 Å². The number of nitrogens with two attached hydrogens (primary N) is 1.